The fraction of sp³-hybridized carbons (Fsp3) is 0.368. The molecule has 0 saturated carbocycles. The van der Waals surface area contributed by atoms with E-state index in [1.807, 2.05) is 12.1 Å². The molecule has 0 spiro atoms. The molecule has 3 aromatic rings. The van der Waals surface area contributed by atoms with Gasteiger partial charge in [0, 0.05) is 24.6 Å². The Morgan fingerprint density at radius 2 is 2.08 bits per heavy atom. The fourth-order valence-corrected chi connectivity index (χ4v) is 3.55. The Labute approximate surface area is 144 Å². The monoisotopic (exact) mass is 342 g/mol. The first kappa shape index (κ1) is 16.1. The number of halogens is 2. The maximum absolute atomic E-state index is 13.9. The summed E-state index contributed by atoms with van der Waals surface area (Å²) in [6.45, 7) is 4.41. The highest BCUT2D eigenvalue weighted by Crippen LogP contribution is 2.25. The molecule has 0 aliphatic carbocycles. The van der Waals surface area contributed by atoms with E-state index in [9.17, 15) is 8.78 Å². The molecule has 1 N–H and O–H groups in total. The fourth-order valence-electron chi connectivity index (χ4n) is 3.55. The predicted octanol–water partition coefficient (Wildman–Crippen LogP) is 3.93. The highest BCUT2D eigenvalue weighted by molar-refractivity contribution is 5.81. The highest BCUT2D eigenvalue weighted by atomic mass is 19.1. The molecule has 6 heteroatoms. The third-order valence-corrected chi connectivity index (χ3v) is 4.98. The first-order chi connectivity index (χ1) is 12.1. The first-order valence-electron chi connectivity index (χ1n) is 8.65. The molecule has 4 rings (SSSR count). The number of nitrogens with zero attached hydrogens (tertiary/aromatic N) is 3. The van der Waals surface area contributed by atoms with E-state index in [2.05, 4.69) is 26.8 Å². The van der Waals surface area contributed by atoms with E-state index in [0.717, 1.165) is 42.4 Å². The Morgan fingerprint density at radius 1 is 1.20 bits per heavy atom. The van der Waals surface area contributed by atoms with Crippen molar-refractivity contribution in [2.75, 3.05) is 13.1 Å². The molecule has 0 radical (unpaired) electrons. The van der Waals surface area contributed by atoms with Crippen LogP contribution in [0.4, 0.5) is 8.78 Å². The molecule has 1 aliphatic rings. The number of fused-ring (bicyclic) bond motifs is 1. The molecule has 1 saturated heterocycles. The predicted molar refractivity (Wildman–Crippen MR) is 93.2 cm³/mol. The third kappa shape index (κ3) is 3.26. The number of pyridine rings is 1. The quantitative estimate of drug-likeness (QED) is 0.731. The molecule has 1 aromatic carbocycles. The van der Waals surface area contributed by atoms with Gasteiger partial charge in [-0.1, -0.05) is 6.07 Å². The normalized spacial score (nSPS) is 18.3. The number of benzene rings is 1. The van der Waals surface area contributed by atoms with Gasteiger partial charge in [0.1, 0.15) is 5.82 Å². The Morgan fingerprint density at radius 3 is 2.84 bits per heavy atom. The van der Waals surface area contributed by atoms with Gasteiger partial charge in [0.15, 0.2) is 0 Å². The Balaban J connectivity index is 1.56. The van der Waals surface area contributed by atoms with Crippen LogP contribution in [0.2, 0.25) is 0 Å². The summed E-state index contributed by atoms with van der Waals surface area (Å²) in [5.41, 5.74) is 2.62. The van der Waals surface area contributed by atoms with E-state index in [1.165, 1.54) is 18.9 Å². The largest absolute Gasteiger partial charge is 0.342 e. The molecule has 3 heterocycles. The lowest BCUT2D eigenvalue weighted by Crippen LogP contribution is -2.29. The van der Waals surface area contributed by atoms with Crippen molar-refractivity contribution in [3.05, 3.63) is 48.1 Å². The summed E-state index contributed by atoms with van der Waals surface area (Å²) in [5.74, 6) is -0.692. The van der Waals surface area contributed by atoms with Crippen LogP contribution in [0.25, 0.3) is 22.2 Å². The van der Waals surface area contributed by atoms with Crippen molar-refractivity contribution in [3.63, 3.8) is 0 Å². The standard InChI is InChI=1S/C19H20F2N4/c1-12-3-2-9-25(12)10-8-18-22-15-6-4-13(11-16(15)23-18)14-5-7-17(20)24-19(14)21/h4-7,11-12H,2-3,8-10H2,1H3,(H,22,23)/t12-/m1/s1. The van der Waals surface area contributed by atoms with Crippen molar-refractivity contribution in [1.29, 1.82) is 0 Å². The van der Waals surface area contributed by atoms with Crippen LogP contribution in [-0.2, 0) is 6.42 Å². The minimum absolute atomic E-state index is 0.277. The Hall–Kier alpha value is -2.34. The van der Waals surface area contributed by atoms with Gasteiger partial charge in [-0.2, -0.15) is 13.8 Å². The smallest absolute Gasteiger partial charge is 0.223 e. The number of rotatable bonds is 4. The summed E-state index contributed by atoms with van der Waals surface area (Å²) in [5, 5.41) is 0. The van der Waals surface area contributed by atoms with Gasteiger partial charge in [0.25, 0.3) is 0 Å². The van der Waals surface area contributed by atoms with Crippen LogP contribution in [-0.4, -0.2) is 39.0 Å². The van der Waals surface area contributed by atoms with E-state index in [1.54, 1.807) is 6.07 Å². The molecule has 2 aromatic heterocycles. The van der Waals surface area contributed by atoms with Gasteiger partial charge in [-0.05, 0) is 56.1 Å². The van der Waals surface area contributed by atoms with Crippen LogP contribution in [0.3, 0.4) is 0 Å². The van der Waals surface area contributed by atoms with Crippen molar-refractivity contribution in [2.24, 2.45) is 0 Å². The molecule has 1 fully saturated rings. The summed E-state index contributed by atoms with van der Waals surface area (Å²) in [7, 11) is 0. The second kappa shape index (κ2) is 6.52. The maximum atomic E-state index is 13.9. The van der Waals surface area contributed by atoms with Gasteiger partial charge in [0.2, 0.25) is 11.9 Å². The van der Waals surface area contributed by atoms with Crippen LogP contribution < -0.4 is 0 Å². The summed E-state index contributed by atoms with van der Waals surface area (Å²) >= 11 is 0. The van der Waals surface area contributed by atoms with E-state index < -0.39 is 11.9 Å². The van der Waals surface area contributed by atoms with E-state index in [4.69, 9.17) is 0 Å². The average molecular weight is 342 g/mol. The van der Waals surface area contributed by atoms with Crippen LogP contribution in [0.1, 0.15) is 25.6 Å². The zero-order valence-electron chi connectivity index (χ0n) is 14.1. The Kier molecular flexibility index (Phi) is 4.21. The lowest BCUT2D eigenvalue weighted by atomic mass is 10.1. The minimum atomic E-state index is -0.819. The molecule has 25 heavy (non-hydrogen) atoms. The topological polar surface area (TPSA) is 44.8 Å². The number of hydrogen-bond donors (Lipinski definition) is 1. The van der Waals surface area contributed by atoms with Gasteiger partial charge < -0.3 is 9.88 Å². The van der Waals surface area contributed by atoms with Gasteiger partial charge >= 0.3 is 0 Å². The number of imidazole rings is 1. The van der Waals surface area contributed by atoms with Gasteiger partial charge in [0.05, 0.1) is 11.0 Å². The second-order valence-electron chi connectivity index (χ2n) is 6.66. The summed E-state index contributed by atoms with van der Waals surface area (Å²) in [6.07, 6.45) is 3.39. The lowest BCUT2D eigenvalue weighted by Gasteiger charge is -2.19. The number of aromatic nitrogens is 3. The average Bonchev–Trinajstić information content (AvgIpc) is 3.17. The van der Waals surface area contributed by atoms with E-state index >= 15 is 0 Å². The van der Waals surface area contributed by atoms with Crippen LogP contribution in [0.15, 0.2) is 30.3 Å². The summed E-state index contributed by atoms with van der Waals surface area (Å²) < 4.78 is 26.9. The summed E-state index contributed by atoms with van der Waals surface area (Å²) in [6, 6.07) is 8.70. The minimum Gasteiger partial charge on any atom is -0.342 e. The number of likely N-dealkylation sites (tertiary alicyclic amines) is 1. The Bertz CT molecular complexity index is 906. The molecule has 0 bridgehead atoms. The maximum Gasteiger partial charge on any atom is 0.223 e. The first-order valence-corrected chi connectivity index (χ1v) is 8.65. The number of nitrogens with one attached hydrogen (secondary N) is 1. The van der Waals surface area contributed by atoms with Gasteiger partial charge in [-0.15, -0.1) is 0 Å². The van der Waals surface area contributed by atoms with Gasteiger partial charge in [-0.3, -0.25) is 0 Å². The summed E-state index contributed by atoms with van der Waals surface area (Å²) in [4.78, 5) is 13.7. The van der Waals surface area contributed by atoms with Crippen LogP contribution >= 0.6 is 0 Å². The van der Waals surface area contributed by atoms with Gasteiger partial charge in [-0.25, -0.2) is 4.98 Å². The number of H-pyrrole nitrogens is 1. The number of aromatic amines is 1. The third-order valence-electron chi connectivity index (χ3n) is 4.98. The lowest BCUT2D eigenvalue weighted by molar-refractivity contribution is 0.271. The van der Waals surface area contributed by atoms with Crippen molar-refractivity contribution < 1.29 is 8.78 Å². The van der Waals surface area contributed by atoms with Crippen molar-refractivity contribution >= 4 is 11.0 Å². The van der Waals surface area contributed by atoms with Crippen molar-refractivity contribution in [2.45, 2.75) is 32.2 Å². The van der Waals surface area contributed by atoms with E-state index in [0.29, 0.717) is 11.6 Å². The second-order valence-corrected chi connectivity index (χ2v) is 6.66. The molecule has 1 aliphatic heterocycles. The van der Waals surface area contributed by atoms with Crippen LogP contribution in [0.5, 0.6) is 0 Å². The zero-order valence-corrected chi connectivity index (χ0v) is 14.1. The van der Waals surface area contributed by atoms with E-state index in [-0.39, 0.29) is 5.56 Å². The SMILES string of the molecule is C[C@@H]1CCCN1CCc1nc2cc(-c3ccc(F)nc3F)ccc2[nH]1. The molecule has 1 atom stereocenters. The zero-order chi connectivity index (χ0) is 17.4. The van der Waals surface area contributed by atoms with Crippen LogP contribution in [0, 0.1) is 11.9 Å². The molecular weight excluding hydrogens is 322 g/mol. The molecular formula is C19H20F2N4. The molecule has 0 amide bonds. The molecule has 130 valence electrons. The molecule has 4 nitrogen and oxygen atoms in total. The highest BCUT2D eigenvalue weighted by Gasteiger charge is 2.20. The number of hydrogen-bond acceptors (Lipinski definition) is 3. The van der Waals surface area contributed by atoms with Crippen molar-refractivity contribution in [3.8, 4) is 11.1 Å². The van der Waals surface area contributed by atoms with Crippen molar-refractivity contribution in [1.82, 2.24) is 19.9 Å². The molecule has 0 unspecified atom stereocenters.